The van der Waals surface area contributed by atoms with Crippen molar-refractivity contribution in [2.24, 2.45) is 17.3 Å². The van der Waals surface area contributed by atoms with Gasteiger partial charge in [-0.2, -0.15) is 0 Å². The van der Waals surface area contributed by atoms with Gasteiger partial charge in [0.2, 0.25) is 0 Å². The minimum atomic E-state index is -0.0854. The van der Waals surface area contributed by atoms with Gasteiger partial charge >= 0.3 is 11.9 Å². The molecule has 6 nitrogen and oxygen atoms in total. The Labute approximate surface area is 216 Å². The van der Waals surface area contributed by atoms with Crippen molar-refractivity contribution in [3.05, 3.63) is 0 Å². The standard InChI is InChI=1S/C29H56N2O4/c1-8-28(4,5)31(20-11-19-30-7)21-17-27(33)35-23-25-14-12-24(13-15-25)22-34-26(32)16-18-29(6,9-2)10-3/h24-25,30H,8-23H2,1-7H3. The lowest BCUT2D eigenvalue weighted by atomic mass is 9.80. The summed E-state index contributed by atoms with van der Waals surface area (Å²) in [7, 11) is 1.98. The summed E-state index contributed by atoms with van der Waals surface area (Å²) in [5, 5.41) is 3.20. The van der Waals surface area contributed by atoms with E-state index in [2.05, 4.69) is 51.8 Å². The lowest BCUT2D eigenvalue weighted by molar-refractivity contribution is -0.148. The van der Waals surface area contributed by atoms with Gasteiger partial charge in [-0.05, 0) is 96.2 Å². The topological polar surface area (TPSA) is 67.9 Å². The van der Waals surface area contributed by atoms with Gasteiger partial charge in [0.05, 0.1) is 19.6 Å². The first-order valence-electron chi connectivity index (χ1n) is 14.3. The summed E-state index contributed by atoms with van der Waals surface area (Å²) < 4.78 is 11.3. The number of hydrogen-bond acceptors (Lipinski definition) is 6. The molecule has 0 aromatic heterocycles. The monoisotopic (exact) mass is 496 g/mol. The third-order valence-electron chi connectivity index (χ3n) is 8.73. The Morgan fingerprint density at radius 1 is 0.829 bits per heavy atom. The molecule has 1 saturated carbocycles. The van der Waals surface area contributed by atoms with Crippen LogP contribution in [0.3, 0.4) is 0 Å². The summed E-state index contributed by atoms with van der Waals surface area (Å²) in [4.78, 5) is 27.0. The van der Waals surface area contributed by atoms with E-state index in [1.807, 2.05) is 7.05 Å². The van der Waals surface area contributed by atoms with E-state index in [1.165, 1.54) is 0 Å². The van der Waals surface area contributed by atoms with Crippen molar-refractivity contribution in [1.29, 1.82) is 0 Å². The Balaban J connectivity index is 2.26. The fraction of sp³-hybridized carbons (Fsp3) is 0.931. The minimum Gasteiger partial charge on any atom is -0.465 e. The lowest BCUT2D eigenvalue weighted by Crippen LogP contribution is -2.45. The third-order valence-corrected chi connectivity index (χ3v) is 8.73. The van der Waals surface area contributed by atoms with Gasteiger partial charge in [0.15, 0.2) is 0 Å². The highest BCUT2D eigenvalue weighted by Gasteiger charge is 2.27. The van der Waals surface area contributed by atoms with Crippen molar-refractivity contribution in [3.63, 3.8) is 0 Å². The second kappa shape index (κ2) is 16.6. The zero-order valence-electron chi connectivity index (χ0n) is 24.0. The molecule has 0 aromatic carbocycles. The number of carbonyl (C=O) groups is 2. The Kier molecular flexibility index (Phi) is 15.1. The summed E-state index contributed by atoms with van der Waals surface area (Å²) >= 11 is 0. The molecule has 1 N–H and O–H groups in total. The zero-order valence-corrected chi connectivity index (χ0v) is 24.0. The Morgan fingerprint density at radius 2 is 1.34 bits per heavy atom. The minimum absolute atomic E-state index is 0.0552. The molecule has 35 heavy (non-hydrogen) atoms. The Bertz CT molecular complexity index is 595. The molecule has 0 atom stereocenters. The van der Waals surface area contributed by atoms with Gasteiger partial charge in [-0.15, -0.1) is 0 Å². The normalized spacial score (nSPS) is 19.1. The van der Waals surface area contributed by atoms with E-state index >= 15 is 0 Å². The van der Waals surface area contributed by atoms with Crippen molar-refractivity contribution in [2.75, 3.05) is 39.9 Å². The number of hydrogen-bond donors (Lipinski definition) is 1. The molecule has 0 saturated heterocycles. The van der Waals surface area contributed by atoms with Gasteiger partial charge in [-0.25, -0.2) is 0 Å². The molecule has 0 aliphatic heterocycles. The summed E-state index contributed by atoms with van der Waals surface area (Å²) in [6.07, 6.45) is 10.4. The summed E-state index contributed by atoms with van der Waals surface area (Å²) in [6.45, 7) is 17.1. The fourth-order valence-electron chi connectivity index (χ4n) is 4.75. The van der Waals surface area contributed by atoms with E-state index in [1.54, 1.807) is 0 Å². The summed E-state index contributed by atoms with van der Waals surface area (Å²) in [5.41, 5.74) is 0.326. The van der Waals surface area contributed by atoms with Crippen molar-refractivity contribution in [2.45, 2.75) is 118 Å². The molecule has 1 fully saturated rings. The molecule has 6 heteroatoms. The van der Waals surface area contributed by atoms with Crippen molar-refractivity contribution >= 4 is 11.9 Å². The number of nitrogens with one attached hydrogen (secondary N) is 1. The zero-order chi connectivity index (χ0) is 26.3. The van der Waals surface area contributed by atoms with Gasteiger partial charge in [0, 0.05) is 18.5 Å². The van der Waals surface area contributed by atoms with Crippen LogP contribution in [0.15, 0.2) is 0 Å². The van der Waals surface area contributed by atoms with Gasteiger partial charge in [-0.3, -0.25) is 14.5 Å². The number of rotatable bonds is 18. The molecule has 0 aromatic rings. The summed E-state index contributed by atoms with van der Waals surface area (Å²) in [6, 6.07) is 0. The number of esters is 2. The predicted molar refractivity (Wildman–Crippen MR) is 144 cm³/mol. The molecule has 0 radical (unpaired) electrons. The van der Waals surface area contributed by atoms with Crippen LogP contribution in [-0.2, 0) is 19.1 Å². The maximum Gasteiger partial charge on any atom is 0.307 e. The van der Waals surface area contributed by atoms with Crippen molar-refractivity contribution in [1.82, 2.24) is 10.2 Å². The van der Waals surface area contributed by atoms with E-state index in [9.17, 15) is 9.59 Å². The highest BCUT2D eigenvalue weighted by Crippen LogP contribution is 2.32. The smallest absolute Gasteiger partial charge is 0.307 e. The van der Waals surface area contributed by atoms with Gasteiger partial charge in [0.25, 0.3) is 0 Å². The van der Waals surface area contributed by atoms with Crippen LogP contribution in [0.25, 0.3) is 0 Å². The second-order valence-electron chi connectivity index (χ2n) is 11.6. The van der Waals surface area contributed by atoms with Gasteiger partial charge < -0.3 is 14.8 Å². The van der Waals surface area contributed by atoms with Gasteiger partial charge in [0.1, 0.15) is 0 Å². The third kappa shape index (κ3) is 12.6. The van der Waals surface area contributed by atoms with Crippen LogP contribution in [0.2, 0.25) is 0 Å². The molecule has 1 aliphatic rings. The average Bonchev–Trinajstić information content (AvgIpc) is 2.87. The number of carbonyl (C=O) groups excluding carboxylic acids is 2. The first kappa shape index (κ1) is 31.9. The van der Waals surface area contributed by atoms with E-state index in [4.69, 9.17) is 9.47 Å². The Hall–Kier alpha value is -1.14. The highest BCUT2D eigenvalue weighted by atomic mass is 16.5. The predicted octanol–water partition coefficient (Wildman–Crippen LogP) is 5.98. The maximum atomic E-state index is 12.4. The van der Waals surface area contributed by atoms with Crippen LogP contribution in [0.5, 0.6) is 0 Å². The van der Waals surface area contributed by atoms with Crippen LogP contribution in [0.1, 0.15) is 112 Å². The second-order valence-corrected chi connectivity index (χ2v) is 11.6. The van der Waals surface area contributed by atoms with E-state index in [-0.39, 0.29) is 22.9 Å². The molecule has 0 heterocycles. The Morgan fingerprint density at radius 3 is 1.80 bits per heavy atom. The molecular formula is C29H56N2O4. The first-order chi connectivity index (χ1) is 16.6. The van der Waals surface area contributed by atoms with E-state index in [0.717, 1.165) is 77.4 Å². The number of ether oxygens (including phenoxy) is 2. The van der Waals surface area contributed by atoms with Crippen LogP contribution < -0.4 is 5.32 Å². The quantitative estimate of drug-likeness (QED) is 0.186. The van der Waals surface area contributed by atoms with Crippen molar-refractivity contribution < 1.29 is 19.1 Å². The van der Waals surface area contributed by atoms with E-state index < -0.39 is 0 Å². The molecule has 1 rings (SSSR count). The molecule has 206 valence electrons. The molecule has 0 spiro atoms. The lowest BCUT2D eigenvalue weighted by Gasteiger charge is -2.38. The molecular weight excluding hydrogens is 440 g/mol. The molecule has 0 bridgehead atoms. The average molecular weight is 497 g/mol. The largest absolute Gasteiger partial charge is 0.465 e. The SMILES string of the molecule is CCC(C)(CC)CCC(=O)OCC1CCC(COC(=O)CCN(CCCNC)C(C)(C)CC)CC1. The highest BCUT2D eigenvalue weighted by molar-refractivity contribution is 5.69. The van der Waals surface area contributed by atoms with Crippen LogP contribution in [-0.4, -0.2) is 62.3 Å². The maximum absolute atomic E-state index is 12.4. The molecule has 0 unspecified atom stereocenters. The van der Waals surface area contributed by atoms with Crippen LogP contribution >= 0.6 is 0 Å². The fourth-order valence-corrected chi connectivity index (χ4v) is 4.75. The van der Waals surface area contributed by atoms with Crippen LogP contribution in [0.4, 0.5) is 0 Å². The number of nitrogens with zero attached hydrogens (tertiary/aromatic N) is 1. The molecule has 1 aliphatic carbocycles. The summed E-state index contributed by atoms with van der Waals surface area (Å²) in [5.74, 6) is 0.731. The van der Waals surface area contributed by atoms with Crippen molar-refractivity contribution in [3.8, 4) is 0 Å². The van der Waals surface area contributed by atoms with Crippen LogP contribution in [0, 0.1) is 17.3 Å². The van der Waals surface area contributed by atoms with Gasteiger partial charge in [-0.1, -0.05) is 40.5 Å². The van der Waals surface area contributed by atoms with E-state index in [0.29, 0.717) is 37.9 Å². The molecule has 0 amide bonds. The first-order valence-corrected chi connectivity index (χ1v) is 14.3.